The van der Waals surface area contributed by atoms with E-state index in [1.807, 2.05) is 4.90 Å². The standard InChI is InChI=1S/C21H25ClFN5O3S/c1-32(30,31)15-4-5-17(16(23)11-15)26-18-3-2-8-28(21(18)29)14-6-9-27(10-7-14)20-13-24-19(22)12-25-20/h4-5,11-14,18,26H,2-3,6-10H2,1H3/t18-/m0/s1. The minimum absolute atomic E-state index is 0.0485. The van der Waals surface area contributed by atoms with Crippen molar-refractivity contribution in [2.45, 2.75) is 42.7 Å². The molecule has 1 atom stereocenters. The molecule has 0 aliphatic carbocycles. The Morgan fingerprint density at radius 1 is 1.12 bits per heavy atom. The van der Waals surface area contributed by atoms with Gasteiger partial charge in [0, 0.05) is 31.9 Å². The zero-order chi connectivity index (χ0) is 22.9. The molecular weight excluding hydrogens is 457 g/mol. The van der Waals surface area contributed by atoms with Crippen molar-refractivity contribution in [1.82, 2.24) is 14.9 Å². The zero-order valence-electron chi connectivity index (χ0n) is 17.7. The molecule has 8 nitrogen and oxygen atoms in total. The summed E-state index contributed by atoms with van der Waals surface area (Å²) in [5, 5.41) is 3.33. The van der Waals surface area contributed by atoms with Gasteiger partial charge in [-0.15, -0.1) is 0 Å². The van der Waals surface area contributed by atoms with Gasteiger partial charge in [-0.2, -0.15) is 0 Å². The van der Waals surface area contributed by atoms with Gasteiger partial charge in [-0.25, -0.2) is 22.8 Å². The summed E-state index contributed by atoms with van der Waals surface area (Å²) < 4.78 is 37.7. The molecule has 172 valence electrons. The Balaban J connectivity index is 1.39. The molecule has 2 fully saturated rings. The monoisotopic (exact) mass is 481 g/mol. The van der Waals surface area contributed by atoms with E-state index in [1.165, 1.54) is 18.3 Å². The van der Waals surface area contributed by atoms with E-state index in [4.69, 9.17) is 11.6 Å². The molecule has 2 aromatic rings. The maximum absolute atomic E-state index is 14.5. The third-order valence-electron chi connectivity index (χ3n) is 6.01. The number of sulfone groups is 1. The van der Waals surface area contributed by atoms with Crippen LogP contribution in [0, 0.1) is 5.82 Å². The topological polar surface area (TPSA) is 95.5 Å². The van der Waals surface area contributed by atoms with E-state index in [9.17, 15) is 17.6 Å². The van der Waals surface area contributed by atoms with Crippen molar-refractivity contribution < 1.29 is 17.6 Å². The van der Waals surface area contributed by atoms with Gasteiger partial charge in [-0.3, -0.25) is 4.79 Å². The molecule has 32 heavy (non-hydrogen) atoms. The maximum atomic E-state index is 14.5. The van der Waals surface area contributed by atoms with Crippen LogP contribution in [-0.4, -0.2) is 67.2 Å². The number of piperidine rings is 2. The Hall–Kier alpha value is -2.46. The van der Waals surface area contributed by atoms with E-state index in [2.05, 4.69) is 20.2 Å². The van der Waals surface area contributed by atoms with E-state index in [0.717, 1.165) is 50.5 Å². The molecule has 0 radical (unpaired) electrons. The van der Waals surface area contributed by atoms with Crippen LogP contribution in [0.5, 0.6) is 0 Å². The summed E-state index contributed by atoms with van der Waals surface area (Å²) in [7, 11) is -3.50. The molecule has 11 heteroatoms. The third-order valence-corrected chi connectivity index (χ3v) is 7.31. The van der Waals surface area contributed by atoms with Gasteiger partial charge < -0.3 is 15.1 Å². The lowest BCUT2D eigenvalue weighted by atomic mass is 9.97. The number of nitrogens with one attached hydrogen (secondary N) is 1. The molecule has 0 spiro atoms. The van der Waals surface area contributed by atoms with Crippen LogP contribution in [0.2, 0.25) is 5.15 Å². The maximum Gasteiger partial charge on any atom is 0.245 e. The summed E-state index contributed by atoms with van der Waals surface area (Å²) in [6.07, 6.45) is 7.23. The number of hydrogen-bond acceptors (Lipinski definition) is 7. The lowest BCUT2D eigenvalue weighted by molar-refractivity contribution is -0.137. The van der Waals surface area contributed by atoms with Crippen LogP contribution in [0.15, 0.2) is 35.5 Å². The van der Waals surface area contributed by atoms with Crippen molar-refractivity contribution in [2.75, 3.05) is 36.1 Å². The van der Waals surface area contributed by atoms with Crippen molar-refractivity contribution >= 4 is 38.9 Å². The van der Waals surface area contributed by atoms with Crippen LogP contribution >= 0.6 is 11.6 Å². The van der Waals surface area contributed by atoms with Gasteiger partial charge in [0.05, 0.1) is 23.0 Å². The lowest BCUT2D eigenvalue weighted by Crippen LogP contribution is -2.54. The van der Waals surface area contributed by atoms with Crippen molar-refractivity contribution in [1.29, 1.82) is 0 Å². The zero-order valence-corrected chi connectivity index (χ0v) is 19.2. The number of benzene rings is 1. The van der Waals surface area contributed by atoms with E-state index in [0.29, 0.717) is 18.1 Å². The molecule has 0 unspecified atom stereocenters. The SMILES string of the molecule is CS(=O)(=O)c1ccc(N[C@H]2CCCN(C3CCN(c4cnc(Cl)cn4)CC3)C2=O)c(F)c1. The molecule has 1 amide bonds. The smallest absolute Gasteiger partial charge is 0.245 e. The molecular formula is C21H25ClFN5O3S. The number of hydrogen-bond donors (Lipinski definition) is 1. The van der Waals surface area contributed by atoms with E-state index in [1.54, 1.807) is 6.20 Å². The van der Waals surface area contributed by atoms with Crippen LogP contribution in [0.25, 0.3) is 0 Å². The van der Waals surface area contributed by atoms with Gasteiger partial charge in [0.2, 0.25) is 5.91 Å². The summed E-state index contributed by atoms with van der Waals surface area (Å²) in [6, 6.07) is 3.28. The Bertz CT molecular complexity index is 1090. The van der Waals surface area contributed by atoms with E-state index < -0.39 is 21.7 Å². The summed E-state index contributed by atoms with van der Waals surface area (Å²) in [5.74, 6) is 0.0354. The Labute approximate surface area is 191 Å². The molecule has 1 N–H and O–H groups in total. The third kappa shape index (κ3) is 4.96. The van der Waals surface area contributed by atoms with Crippen LogP contribution in [0.3, 0.4) is 0 Å². The first-order chi connectivity index (χ1) is 15.2. The number of rotatable bonds is 5. The first-order valence-corrected chi connectivity index (χ1v) is 12.8. The van der Waals surface area contributed by atoms with Gasteiger partial charge in [0.1, 0.15) is 22.8 Å². The highest BCUT2D eigenvalue weighted by Gasteiger charge is 2.35. The largest absolute Gasteiger partial charge is 0.371 e. The van der Waals surface area contributed by atoms with Gasteiger partial charge in [0.15, 0.2) is 9.84 Å². The second-order valence-corrected chi connectivity index (χ2v) is 10.6. The number of likely N-dealkylation sites (tertiary alicyclic amines) is 1. The summed E-state index contributed by atoms with van der Waals surface area (Å²) >= 11 is 5.81. The molecule has 0 saturated carbocycles. The second-order valence-electron chi connectivity index (χ2n) is 8.20. The van der Waals surface area contributed by atoms with E-state index >= 15 is 0 Å². The highest BCUT2D eigenvalue weighted by atomic mass is 35.5. The summed E-state index contributed by atoms with van der Waals surface area (Å²) in [4.78, 5) is 25.5. The molecule has 2 aliphatic rings. The van der Waals surface area contributed by atoms with Gasteiger partial charge >= 0.3 is 0 Å². The molecule has 2 saturated heterocycles. The van der Waals surface area contributed by atoms with Crippen LogP contribution < -0.4 is 10.2 Å². The minimum Gasteiger partial charge on any atom is -0.371 e. The van der Waals surface area contributed by atoms with Crippen LogP contribution in [-0.2, 0) is 14.6 Å². The molecule has 1 aromatic carbocycles. The highest BCUT2D eigenvalue weighted by Crippen LogP contribution is 2.27. The Morgan fingerprint density at radius 3 is 2.50 bits per heavy atom. The minimum atomic E-state index is -3.50. The number of amides is 1. The van der Waals surface area contributed by atoms with Gasteiger partial charge in [-0.05, 0) is 43.9 Å². The van der Waals surface area contributed by atoms with Crippen molar-refractivity contribution in [3.63, 3.8) is 0 Å². The number of nitrogens with zero attached hydrogens (tertiary/aromatic N) is 4. The molecule has 0 bridgehead atoms. The van der Waals surface area contributed by atoms with Gasteiger partial charge in [-0.1, -0.05) is 11.6 Å². The molecule has 3 heterocycles. The summed E-state index contributed by atoms with van der Waals surface area (Å²) in [5.41, 5.74) is 0.133. The number of carbonyl (C=O) groups is 1. The number of halogens is 2. The van der Waals surface area contributed by atoms with Gasteiger partial charge in [0.25, 0.3) is 0 Å². The Morgan fingerprint density at radius 2 is 1.88 bits per heavy atom. The molecule has 4 rings (SSSR count). The fourth-order valence-electron chi connectivity index (χ4n) is 4.30. The molecule has 1 aromatic heterocycles. The Kier molecular flexibility index (Phi) is 6.52. The van der Waals surface area contributed by atoms with Crippen molar-refractivity contribution in [3.8, 4) is 0 Å². The predicted octanol–water partition coefficient (Wildman–Crippen LogP) is 2.74. The normalized spacial score (nSPS) is 20.5. The van der Waals surface area contributed by atoms with Crippen molar-refractivity contribution in [3.05, 3.63) is 41.6 Å². The average molecular weight is 482 g/mol. The quantitative estimate of drug-likeness (QED) is 0.701. The fraction of sp³-hybridized carbons (Fsp3) is 0.476. The summed E-state index contributed by atoms with van der Waals surface area (Å²) in [6.45, 7) is 2.19. The first kappa shape index (κ1) is 22.7. The second kappa shape index (κ2) is 9.19. The number of carbonyl (C=O) groups excluding carboxylic acids is 1. The average Bonchev–Trinajstić information content (AvgIpc) is 2.76. The van der Waals surface area contributed by atoms with E-state index in [-0.39, 0.29) is 22.5 Å². The van der Waals surface area contributed by atoms with Crippen LogP contribution in [0.4, 0.5) is 15.9 Å². The number of anilines is 2. The number of aromatic nitrogens is 2. The van der Waals surface area contributed by atoms with Crippen molar-refractivity contribution in [2.24, 2.45) is 0 Å². The lowest BCUT2D eigenvalue weighted by Gasteiger charge is -2.42. The van der Waals surface area contributed by atoms with Crippen LogP contribution in [0.1, 0.15) is 25.7 Å². The highest BCUT2D eigenvalue weighted by molar-refractivity contribution is 7.90. The first-order valence-electron chi connectivity index (χ1n) is 10.5. The fourth-order valence-corrected chi connectivity index (χ4v) is 5.03. The molecule has 2 aliphatic heterocycles. The predicted molar refractivity (Wildman–Crippen MR) is 120 cm³/mol.